The average molecular weight is 335 g/mol. The summed E-state index contributed by atoms with van der Waals surface area (Å²) in [4.78, 5) is 12.2. The topological polar surface area (TPSA) is 59.6 Å². The monoisotopic (exact) mass is 334 g/mol. The summed E-state index contributed by atoms with van der Waals surface area (Å²) in [5.41, 5.74) is 3.05. The van der Waals surface area contributed by atoms with E-state index in [1.807, 2.05) is 19.9 Å². The molecule has 0 heterocycles. The van der Waals surface area contributed by atoms with E-state index in [2.05, 4.69) is 10.6 Å². The highest BCUT2D eigenvalue weighted by atomic mass is 35.5. The van der Waals surface area contributed by atoms with Crippen LogP contribution in [0.4, 0.5) is 16.2 Å². The van der Waals surface area contributed by atoms with Gasteiger partial charge in [-0.05, 0) is 43.2 Å². The number of benzene rings is 2. The van der Waals surface area contributed by atoms with Gasteiger partial charge in [-0.1, -0.05) is 17.7 Å². The number of urea groups is 1. The molecule has 0 bridgehead atoms. The number of hydrogen-bond acceptors (Lipinski definition) is 3. The van der Waals surface area contributed by atoms with E-state index in [0.717, 1.165) is 11.1 Å². The van der Waals surface area contributed by atoms with Crippen molar-refractivity contribution >= 4 is 29.0 Å². The minimum Gasteiger partial charge on any atom is -0.497 e. The van der Waals surface area contributed by atoms with Crippen LogP contribution in [0.2, 0.25) is 5.02 Å². The van der Waals surface area contributed by atoms with Crippen LogP contribution in [-0.2, 0) is 0 Å². The normalized spacial score (nSPS) is 10.1. The van der Waals surface area contributed by atoms with E-state index in [1.165, 1.54) is 7.11 Å². The fourth-order valence-corrected chi connectivity index (χ4v) is 2.61. The molecule has 0 spiro atoms. The Morgan fingerprint density at radius 1 is 1.04 bits per heavy atom. The number of aryl methyl sites for hydroxylation is 2. The lowest BCUT2D eigenvalue weighted by Crippen LogP contribution is -2.20. The van der Waals surface area contributed by atoms with Crippen molar-refractivity contribution in [3.05, 3.63) is 46.5 Å². The predicted octanol–water partition coefficient (Wildman–Crippen LogP) is 4.62. The number of carbonyl (C=O) groups excluding carboxylic acids is 1. The van der Waals surface area contributed by atoms with Gasteiger partial charge in [-0.3, -0.25) is 0 Å². The molecule has 6 heteroatoms. The molecule has 0 aliphatic heterocycles. The maximum absolute atomic E-state index is 12.2. The number of ether oxygens (including phenoxy) is 2. The maximum atomic E-state index is 12.2. The minimum absolute atomic E-state index is 0.401. The lowest BCUT2D eigenvalue weighted by atomic mass is 10.1. The maximum Gasteiger partial charge on any atom is 0.323 e. The number of hydrogen-bond donors (Lipinski definition) is 2. The van der Waals surface area contributed by atoms with Crippen LogP contribution in [-0.4, -0.2) is 20.3 Å². The van der Waals surface area contributed by atoms with Crippen LogP contribution in [0, 0.1) is 13.8 Å². The van der Waals surface area contributed by atoms with E-state index < -0.39 is 6.03 Å². The van der Waals surface area contributed by atoms with Crippen molar-refractivity contribution in [2.24, 2.45) is 0 Å². The van der Waals surface area contributed by atoms with Crippen molar-refractivity contribution in [2.75, 3.05) is 24.9 Å². The number of anilines is 2. The van der Waals surface area contributed by atoms with Gasteiger partial charge in [0.2, 0.25) is 0 Å². The molecule has 2 aromatic rings. The molecular weight excluding hydrogens is 316 g/mol. The summed E-state index contributed by atoms with van der Waals surface area (Å²) in [5.74, 6) is 1.15. The van der Waals surface area contributed by atoms with E-state index in [9.17, 15) is 4.79 Å². The summed E-state index contributed by atoms with van der Waals surface area (Å²) in [6.07, 6.45) is 0. The highest BCUT2D eigenvalue weighted by molar-refractivity contribution is 6.34. The molecule has 0 atom stereocenters. The number of nitrogens with one attached hydrogen (secondary N) is 2. The summed E-state index contributed by atoms with van der Waals surface area (Å²) in [7, 11) is 3.09. The first-order valence-corrected chi connectivity index (χ1v) is 7.39. The molecule has 23 heavy (non-hydrogen) atoms. The lowest BCUT2D eigenvalue weighted by Gasteiger charge is -2.14. The SMILES string of the molecule is COc1ccc(NC(=O)Nc2c(C)cc(C)cc2Cl)c(OC)c1. The van der Waals surface area contributed by atoms with Crippen LogP contribution in [0.1, 0.15) is 11.1 Å². The molecule has 0 aliphatic rings. The predicted molar refractivity (Wildman–Crippen MR) is 93.1 cm³/mol. The standard InChI is InChI=1S/C17H19ClN2O3/c1-10-7-11(2)16(13(18)8-10)20-17(21)19-14-6-5-12(22-3)9-15(14)23-4/h5-9H,1-4H3,(H2,19,20,21). The smallest absolute Gasteiger partial charge is 0.323 e. The molecule has 2 rings (SSSR count). The Balaban J connectivity index is 2.17. The van der Waals surface area contributed by atoms with Crippen molar-refractivity contribution in [1.82, 2.24) is 0 Å². The first-order valence-electron chi connectivity index (χ1n) is 7.01. The Labute approximate surface area is 140 Å². The van der Waals surface area contributed by atoms with Gasteiger partial charge in [-0.25, -0.2) is 4.79 Å². The second kappa shape index (κ2) is 7.24. The van der Waals surface area contributed by atoms with E-state index in [-0.39, 0.29) is 0 Å². The van der Waals surface area contributed by atoms with Gasteiger partial charge in [0.1, 0.15) is 11.5 Å². The number of halogens is 1. The number of rotatable bonds is 4. The van der Waals surface area contributed by atoms with Gasteiger partial charge >= 0.3 is 6.03 Å². The van der Waals surface area contributed by atoms with Crippen LogP contribution < -0.4 is 20.1 Å². The molecule has 0 unspecified atom stereocenters. The van der Waals surface area contributed by atoms with Crippen LogP contribution >= 0.6 is 11.6 Å². The molecule has 0 saturated heterocycles. The average Bonchev–Trinajstić information content (AvgIpc) is 2.51. The Kier molecular flexibility index (Phi) is 5.34. The summed E-state index contributed by atoms with van der Waals surface area (Å²) >= 11 is 6.20. The highest BCUT2D eigenvalue weighted by Gasteiger charge is 2.12. The quantitative estimate of drug-likeness (QED) is 0.857. The molecule has 2 N–H and O–H groups in total. The van der Waals surface area contributed by atoms with Gasteiger partial charge in [0.05, 0.1) is 30.6 Å². The zero-order chi connectivity index (χ0) is 17.0. The zero-order valence-electron chi connectivity index (χ0n) is 13.5. The fourth-order valence-electron chi connectivity index (χ4n) is 2.24. The number of amides is 2. The van der Waals surface area contributed by atoms with Gasteiger partial charge in [-0.15, -0.1) is 0 Å². The van der Waals surface area contributed by atoms with Crippen molar-refractivity contribution in [3.8, 4) is 11.5 Å². The third kappa shape index (κ3) is 4.07. The third-order valence-electron chi connectivity index (χ3n) is 3.33. The van der Waals surface area contributed by atoms with Crippen LogP contribution in [0.25, 0.3) is 0 Å². The molecule has 2 aromatic carbocycles. The Morgan fingerprint density at radius 2 is 1.78 bits per heavy atom. The van der Waals surface area contributed by atoms with Crippen LogP contribution in [0.15, 0.2) is 30.3 Å². The molecule has 0 radical (unpaired) electrons. The van der Waals surface area contributed by atoms with Gasteiger partial charge in [0.25, 0.3) is 0 Å². The second-order valence-electron chi connectivity index (χ2n) is 5.08. The van der Waals surface area contributed by atoms with E-state index in [4.69, 9.17) is 21.1 Å². The van der Waals surface area contributed by atoms with Crippen LogP contribution in [0.3, 0.4) is 0 Å². The van der Waals surface area contributed by atoms with Gasteiger partial charge in [0, 0.05) is 6.07 Å². The summed E-state index contributed by atoms with van der Waals surface area (Å²) < 4.78 is 10.4. The third-order valence-corrected chi connectivity index (χ3v) is 3.63. The summed E-state index contributed by atoms with van der Waals surface area (Å²) in [6, 6.07) is 8.50. The van der Waals surface area contributed by atoms with E-state index in [1.54, 1.807) is 31.4 Å². The Hall–Kier alpha value is -2.40. The summed E-state index contributed by atoms with van der Waals surface area (Å²) in [6.45, 7) is 3.84. The Morgan fingerprint density at radius 3 is 2.39 bits per heavy atom. The summed E-state index contributed by atoms with van der Waals surface area (Å²) in [5, 5.41) is 6.01. The van der Waals surface area contributed by atoms with E-state index >= 15 is 0 Å². The molecule has 0 fully saturated rings. The Bertz CT molecular complexity index is 709. The van der Waals surface area contributed by atoms with Gasteiger partial charge < -0.3 is 20.1 Å². The molecule has 122 valence electrons. The van der Waals surface area contributed by atoms with Crippen molar-refractivity contribution in [3.63, 3.8) is 0 Å². The second-order valence-corrected chi connectivity index (χ2v) is 5.49. The highest BCUT2D eigenvalue weighted by Crippen LogP contribution is 2.30. The molecule has 0 aliphatic carbocycles. The van der Waals surface area contributed by atoms with E-state index in [0.29, 0.717) is 27.9 Å². The molecule has 5 nitrogen and oxygen atoms in total. The first kappa shape index (κ1) is 17.0. The molecule has 2 amide bonds. The molecule has 0 aromatic heterocycles. The largest absolute Gasteiger partial charge is 0.497 e. The van der Waals surface area contributed by atoms with Crippen molar-refractivity contribution < 1.29 is 14.3 Å². The van der Waals surface area contributed by atoms with Gasteiger partial charge in [-0.2, -0.15) is 0 Å². The molecular formula is C17H19ClN2O3. The number of carbonyl (C=O) groups is 1. The lowest BCUT2D eigenvalue weighted by molar-refractivity contribution is 0.262. The number of methoxy groups -OCH3 is 2. The van der Waals surface area contributed by atoms with Crippen molar-refractivity contribution in [1.29, 1.82) is 0 Å². The van der Waals surface area contributed by atoms with Crippen LogP contribution in [0.5, 0.6) is 11.5 Å². The zero-order valence-corrected chi connectivity index (χ0v) is 14.2. The first-order chi connectivity index (χ1) is 10.9. The fraction of sp³-hybridized carbons (Fsp3) is 0.235. The molecule has 0 saturated carbocycles. The van der Waals surface area contributed by atoms with Crippen molar-refractivity contribution in [2.45, 2.75) is 13.8 Å². The van der Waals surface area contributed by atoms with Gasteiger partial charge in [0.15, 0.2) is 0 Å². The minimum atomic E-state index is -0.401.